The smallest absolute Gasteiger partial charge is 0.290 e. The van der Waals surface area contributed by atoms with Gasteiger partial charge in [-0.05, 0) is 43.6 Å². The van der Waals surface area contributed by atoms with Crippen molar-refractivity contribution >= 4 is 28.2 Å². The van der Waals surface area contributed by atoms with Crippen LogP contribution in [0.2, 0.25) is 0 Å². The van der Waals surface area contributed by atoms with E-state index in [0.29, 0.717) is 35.4 Å². The average molecular weight is 427 g/mol. The molecule has 7 heteroatoms. The van der Waals surface area contributed by atoms with Gasteiger partial charge in [0.15, 0.2) is 5.43 Å². The number of thiophene rings is 1. The maximum Gasteiger partial charge on any atom is 0.290 e. The second kappa shape index (κ2) is 8.62. The molecule has 6 nitrogen and oxygen atoms in total. The number of hydrogen-bond donors (Lipinski definition) is 0. The number of amides is 1. The highest BCUT2D eigenvalue weighted by molar-refractivity contribution is 7.10. The summed E-state index contributed by atoms with van der Waals surface area (Å²) < 4.78 is 11.6. The van der Waals surface area contributed by atoms with Gasteiger partial charge < -0.3 is 19.0 Å². The van der Waals surface area contributed by atoms with Gasteiger partial charge in [-0.1, -0.05) is 19.9 Å². The summed E-state index contributed by atoms with van der Waals surface area (Å²) >= 11 is 1.55. The highest BCUT2D eigenvalue weighted by Crippen LogP contribution is 2.40. The Kier molecular flexibility index (Phi) is 5.92. The van der Waals surface area contributed by atoms with Gasteiger partial charge in [0.1, 0.15) is 11.3 Å². The number of ether oxygens (including phenoxy) is 1. The molecular formula is C23H26N2O4S. The topological polar surface area (TPSA) is 63.0 Å². The maximum absolute atomic E-state index is 13.5. The van der Waals surface area contributed by atoms with Crippen molar-refractivity contribution in [2.45, 2.75) is 26.8 Å². The molecule has 0 radical (unpaired) electrons. The first-order valence-electron chi connectivity index (χ1n) is 10.4. The van der Waals surface area contributed by atoms with Crippen LogP contribution < -0.4 is 10.2 Å². The van der Waals surface area contributed by atoms with E-state index < -0.39 is 6.04 Å². The SMILES string of the molecule is CCOc1ccc2c(=O)c3c(oc2c1)C(=O)N(CCN(CC)CC)C3c1cccs1. The van der Waals surface area contributed by atoms with E-state index in [9.17, 15) is 9.59 Å². The Morgan fingerprint density at radius 2 is 1.97 bits per heavy atom. The number of nitrogens with zero attached hydrogens (tertiary/aromatic N) is 2. The zero-order chi connectivity index (χ0) is 21.3. The van der Waals surface area contributed by atoms with Crippen LogP contribution in [0.5, 0.6) is 5.75 Å². The lowest BCUT2D eigenvalue weighted by Gasteiger charge is -2.27. The number of benzene rings is 1. The summed E-state index contributed by atoms with van der Waals surface area (Å²) in [5, 5.41) is 2.44. The van der Waals surface area contributed by atoms with E-state index in [1.165, 1.54) is 0 Å². The summed E-state index contributed by atoms with van der Waals surface area (Å²) in [7, 11) is 0. The van der Waals surface area contributed by atoms with Crippen molar-refractivity contribution in [3.8, 4) is 5.75 Å². The number of hydrogen-bond acceptors (Lipinski definition) is 6. The standard InChI is InChI=1S/C23H26N2O4S/c1-4-24(5-2)11-12-25-20(18-8-7-13-30-18)19-21(26)16-10-9-15(28-6-3)14-17(16)29-22(19)23(25)27/h7-10,13-14,20H,4-6,11-12H2,1-3H3. The van der Waals surface area contributed by atoms with E-state index in [2.05, 4.69) is 18.7 Å². The Labute approximate surface area is 179 Å². The Bertz CT molecular complexity index is 1100. The van der Waals surface area contributed by atoms with Crippen LogP contribution in [0.1, 0.15) is 47.8 Å². The molecule has 3 heterocycles. The van der Waals surface area contributed by atoms with Crippen molar-refractivity contribution in [2.75, 3.05) is 32.8 Å². The third-order valence-electron chi connectivity index (χ3n) is 5.61. The Hall–Kier alpha value is -2.64. The summed E-state index contributed by atoms with van der Waals surface area (Å²) in [5.41, 5.74) is 0.679. The van der Waals surface area contributed by atoms with Gasteiger partial charge in [0, 0.05) is 24.0 Å². The van der Waals surface area contributed by atoms with Gasteiger partial charge in [-0.15, -0.1) is 11.3 Å². The second-order valence-corrected chi connectivity index (χ2v) is 8.19. The number of carbonyl (C=O) groups is 1. The fraction of sp³-hybridized carbons (Fsp3) is 0.391. The molecule has 3 aromatic rings. The summed E-state index contributed by atoms with van der Waals surface area (Å²) in [6, 6.07) is 8.69. The van der Waals surface area contributed by atoms with E-state index in [1.807, 2.05) is 24.4 Å². The molecule has 0 fully saturated rings. The lowest BCUT2D eigenvalue weighted by molar-refractivity contribution is 0.0710. The molecule has 1 amide bonds. The summed E-state index contributed by atoms with van der Waals surface area (Å²) in [5.74, 6) is 0.544. The molecule has 1 aliphatic heterocycles. The first-order chi connectivity index (χ1) is 14.6. The molecule has 30 heavy (non-hydrogen) atoms. The van der Waals surface area contributed by atoms with Gasteiger partial charge in [-0.2, -0.15) is 0 Å². The van der Waals surface area contributed by atoms with Crippen LogP contribution in [0, 0.1) is 0 Å². The third-order valence-corrected chi connectivity index (χ3v) is 6.54. The first-order valence-corrected chi connectivity index (χ1v) is 11.3. The fourth-order valence-corrected chi connectivity index (χ4v) is 4.86. The Balaban J connectivity index is 1.82. The Morgan fingerprint density at radius 1 is 1.17 bits per heavy atom. The summed E-state index contributed by atoms with van der Waals surface area (Å²) in [4.78, 5) is 31.8. The zero-order valence-electron chi connectivity index (χ0n) is 17.5. The lowest BCUT2D eigenvalue weighted by Crippen LogP contribution is -2.37. The van der Waals surface area contributed by atoms with Crippen LogP contribution in [0.3, 0.4) is 0 Å². The normalized spacial score (nSPS) is 15.9. The van der Waals surface area contributed by atoms with E-state index in [0.717, 1.165) is 24.5 Å². The summed E-state index contributed by atoms with van der Waals surface area (Å²) in [6.45, 7) is 9.73. The van der Waals surface area contributed by atoms with E-state index in [-0.39, 0.29) is 17.1 Å². The van der Waals surface area contributed by atoms with Crippen LogP contribution in [0.4, 0.5) is 0 Å². The first kappa shape index (κ1) is 20.6. The highest BCUT2D eigenvalue weighted by Gasteiger charge is 2.43. The highest BCUT2D eigenvalue weighted by atomic mass is 32.1. The van der Waals surface area contributed by atoms with Crippen LogP contribution in [-0.2, 0) is 0 Å². The van der Waals surface area contributed by atoms with Crippen molar-refractivity contribution in [1.82, 2.24) is 9.80 Å². The molecule has 2 aromatic heterocycles. The third kappa shape index (κ3) is 3.52. The predicted octanol–water partition coefficient (Wildman–Crippen LogP) is 4.14. The van der Waals surface area contributed by atoms with Gasteiger partial charge in [-0.25, -0.2) is 0 Å². The Morgan fingerprint density at radius 3 is 2.63 bits per heavy atom. The molecule has 4 rings (SSSR count). The number of carbonyl (C=O) groups excluding carboxylic acids is 1. The molecular weight excluding hydrogens is 400 g/mol. The van der Waals surface area contributed by atoms with Gasteiger partial charge in [0.2, 0.25) is 5.76 Å². The molecule has 1 unspecified atom stereocenters. The molecule has 0 saturated heterocycles. The van der Waals surface area contributed by atoms with Crippen molar-refractivity contribution in [3.63, 3.8) is 0 Å². The van der Waals surface area contributed by atoms with Crippen molar-refractivity contribution < 1.29 is 13.9 Å². The largest absolute Gasteiger partial charge is 0.494 e. The molecule has 0 bridgehead atoms. The number of likely N-dealkylation sites (N-methyl/N-ethyl adjacent to an activating group) is 1. The fourth-order valence-electron chi connectivity index (χ4n) is 4.02. The molecule has 0 saturated carbocycles. The zero-order valence-corrected chi connectivity index (χ0v) is 18.3. The van der Waals surface area contributed by atoms with Gasteiger partial charge >= 0.3 is 0 Å². The van der Waals surface area contributed by atoms with Crippen LogP contribution >= 0.6 is 11.3 Å². The molecule has 1 aromatic carbocycles. The van der Waals surface area contributed by atoms with E-state index in [1.54, 1.807) is 34.4 Å². The van der Waals surface area contributed by atoms with Crippen molar-refractivity contribution in [2.24, 2.45) is 0 Å². The quantitative estimate of drug-likeness (QED) is 0.542. The van der Waals surface area contributed by atoms with Crippen LogP contribution in [0.25, 0.3) is 11.0 Å². The second-order valence-electron chi connectivity index (χ2n) is 7.21. The van der Waals surface area contributed by atoms with E-state index in [4.69, 9.17) is 9.15 Å². The maximum atomic E-state index is 13.5. The van der Waals surface area contributed by atoms with Crippen LogP contribution in [-0.4, -0.2) is 48.5 Å². The molecule has 0 spiro atoms. The van der Waals surface area contributed by atoms with Crippen molar-refractivity contribution in [1.29, 1.82) is 0 Å². The minimum atomic E-state index is -0.407. The monoisotopic (exact) mass is 426 g/mol. The lowest BCUT2D eigenvalue weighted by atomic mass is 10.0. The van der Waals surface area contributed by atoms with E-state index >= 15 is 0 Å². The van der Waals surface area contributed by atoms with Gasteiger partial charge in [-0.3, -0.25) is 9.59 Å². The van der Waals surface area contributed by atoms with Gasteiger partial charge in [0.05, 0.1) is 23.6 Å². The molecule has 0 aliphatic carbocycles. The minimum absolute atomic E-state index is 0.147. The van der Waals surface area contributed by atoms with Crippen LogP contribution in [0.15, 0.2) is 44.9 Å². The molecule has 1 aliphatic rings. The minimum Gasteiger partial charge on any atom is -0.494 e. The number of rotatable bonds is 8. The molecule has 0 N–H and O–H groups in total. The molecule has 158 valence electrons. The molecule has 1 atom stereocenters. The summed E-state index contributed by atoms with van der Waals surface area (Å²) in [6.07, 6.45) is 0. The van der Waals surface area contributed by atoms with Crippen molar-refractivity contribution in [3.05, 3.63) is 62.1 Å². The predicted molar refractivity (Wildman–Crippen MR) is 119 cm³/mol. The number of fused-ring (bicyclic) bond motifs is 2. The average Bonchev–Trinajstić information content (AvgIpc) is 3.36. The van der Waals surface area contributed by atoms with Gasteiger partial charge in [0.25, 0.3) is 5.91 Å².